The molecule has 1 N–H and O–H groups in total. The largest absolute Gasteiger partial charge is 0.492 e. The third-order valence-electron chi connectivity index (χ3n) is 3.18. The Morgan fingerprint density at radius 3 is 2.78 bits per heavy atom. The van der Waals surface area contributed by atoms with E-state index in [4.69, 9.17) is 4.74 Å². The summed E-state index contributed by atoms with van der Waals surface area (Å²) >= 11 is 0. The fourth-order valence-corrected chi connectivity index (χ4v) is 2.06. The fraction of sp³-hybridized carbons (Fsp3) is 0.118. The molecule has 116 valence electrons. The lowest BCUT2D eigenvalue weighted by atomic mass is 10.2. The van der Waals surface area contributed by atoms with Gasteiger partial charge in [0.25, 0.3) is 5.91 Å². The molecule has 0 fully saturated rings. The molecule has 2 aromatic carbocycles. The van der Waals surface area contributed by atoms with Crippen molar-refractivity contribution in [2.45, 2.75) is 6.54 Å². The summed E-state index contributed by atoms with van der Waals surface area (Å²) in [6.07, 6.45) is 3.12. The summed E-state index contributed by atoms with van der Waals surface area (Å²) in [5.41, 5.74) is 1.31. The second-order valence-corrected chi connectivity index (χ2v) is 4.85. The molecule has 0 radical (unpaired) electrons. The van der Waals surface area contributed by atoms with Crippen molar-refractivity contribution in [3.05, 3.63) is 72.8 Å². The minimum Gasteiger partial charge on any atom is -0.492 e. The molecule has 1 amide bonds. The Hall–Kier alpha value is -3.15. The number of rotatable bonds is 6. The van der Waals surface area contributed by atoms with Crippen molar-refractivity contribution >= 4 is 11.6 Å². The molecule has 6 nitrogen and oxygen atoms in total. The molecule has 0 saturated heterocycles. The van der Waals surface area contributed by atoms with Gasteiger partial charge in [-0.3, -0.25) is 4.79 Å². The molecule has 0 aliphatic carbocycles. The van der Waals surface area contributed by atoms with Crippen molar-refractivity contribution in [3.8, 4) is 5.75 Å². The highest BCUT2D eigenvalue weighted by molar-refractivity contribution is 6.04. The van der Waals surface area contributed by atoms with Crippen LogP contribution in [0.1, 0.15) is 10.4 Å². The molecule has 0 atom stereocenters. The Kier molecular flexibility index (Phi) is 4.63. The van der Waals surface area contributed by atoms with Crippen LogP contribution >= 0.6 is 0 Å². The minimum absolute atomic E-state index is 0.148. The number of nitrogens with zero attached hydrogens (tertiary/aromatic N) is 3. The van der Waals surface area contributed by atoms with Gasteiger partial charge in [0.15, 0.2) is 0 Å². The topological polar surface area (TPSA) is 69.0 Å². The molecule has 1 heterocycles. The second kappa shape index (κ2) is 7.22. The fourth-order valence-electron chi connectivity index (χ4n) is 2.06. The predicted octanol–water partition coefficient (Wildman–Crippen LogP) is 2.61. The third-order valence-corrected chi connectivity index (χ3v) is 3.18. The smallest absolute Gasteiger partial charge is 0.255 e. The van der Waals surface area contributed by atoms with Crippen molar-refractivity contribution < 1.29 is 9.53 Å². The number of benzene rings is 2. The molecule has 1 aromatic heterocycles. The summed E-state index contributed by atoms with van der Waals surface area (Å²) < 4.78 is 7.36. The lowest BCUT2D eigenvalue weighted by Crippen LogP contribution is -2.12. The van der Waals surface area contributed by atoms with Gasteiger partial charge in [0, 0.05) is 17.3 Å². The maximum absolute atomic E-state index is 12.1. The van der Waals surface area contributed by atoms with Gasteiger partial charge in [0.05, 0.1) is 6.54 Å². The van der Waals surface area contributed by atoms with Crippen LogP contribution in [0.4, 0.5) is 5.69 Å². The van der Waals surface area contributed by atoms with E-state index < -0.39 is 0 Å². The van der Waals surface area contributed by atoms with E-state index in [-0.39, 0.29) is 5.91 Å². The van der Waals surface area contributed by atoms with Gasteiger partial charge in [-0.1, -0.05) is 24.3 Å². The summed E-state index contributed by atoms with van der Waals surface area (Å²) in [4.78, 5) is 16.0. The van der Waals surface area contributed by atoms with Crippen LogP contribution in [0.3, 0.4) is 0 Å². The first-order chi connectivity index (χ1) is 11.3. The van der Waals surface area contributed by atoms with Crippen LogP contribution in [-0.4, -0.2) is 27.3 Å². The molecule has 0 aliphatic heterocycles. The SMILES string of the molecule is O=C(Nc1cccc(OCCn2cncn2)c1)c1ccccc1. The van der Waals surface area contributed by atoms with Crippen LogP contribution in [0, 0.1) is 0 Å². The number of hydrogen-bond donors (Lipinski definition) is 1. The Bertz CT molecular complexity index is 757. The zero-order chi connectivity index (χ0) is 15.9. The Morgan fingerprint density at radius 1 is 1.13 bits per heavy atom. The number of carbonyl (C=O) groups excluding carboxylic acids is 1. The number of aromatic nitrogens is 3. The molecule has 0 saturated carbocycles. The van der Waals surface area contributed by atoms with Gasteiger partial charge in [-0.15, -0.1) is 0 Å². The highest BCUT2D eigenvalue weighted by atomic mass is 16.5. The van der Waals surface area contributed by atoms with E-state index in [9.17, 15) is 4.79 Å². The van der Waals surface area contributed by atoms with Crippen LogP contribution in [0.2, 0.25) is 0 Å². The summed E-state index contributed by atoms with van der Waals surface area (Å²) in [5.74, 6) is 0.543. The highest BCUT2D eigenvalue weighted by Gasteiger charge is 2.05. The Morgan fingerprint density at radius 2 is 2.00 bits per heavy atom. The highest BCUT2D eigenvalue weighted by Crippen LogP contribution is 2.18. The zero-order valence-corrected chi connectivity index (χ0v) is 12.4. The number of amides is 1. The maximum atomic E-state index is 12.1. The first-order valence-electron chi connectivity index (χ1n) is 7.23. The number of carbonyl (C=O) groups is 1. The normalized spacial score (nSPS) is 10.3. The molecule has 0 spiro atoms. The van der Waals surface area contributed by atoms with Crippen LogP contribution in [0.25, 0.3) is 0 Å². The van der Waals surface area contributed by atoms with Gasteiger partial charge in [0.2, 0.25) is 0 Å². The number of ether oxygens (including phenoxy) is 1. The standard InChI is InChI=1S/C17H16N4O2/c22-17(14-5-2-1-3-6-14)20-15-7-4-8-16(11-15)23-10-9-21-13-18-12-19-21/h1-8,11-13H,9-10H2,(H,20,22). The van der Waals surface area contributed by atoms with E-state index in [2.05, 4.69) is 15.4 Å². The first kappa shape index (κ1) is 14.8. The third kappa shape index (κ3) is 4.16. The summed E-state index contributed by atoms with van der Waals surface area (Å²) in [6, 6.07) is 16.4. The van der Waals surface area contributed by atoms with E-state index in [0.29, 0.717) is 30.2 Å². The van der Waals surface area contributed by atoms with Crippen LogP contribution in [-0.2, 0) is 6.54 Å². The second-order valence-electron chi connectivity index (χ2n) is 4.85. The zero-order valence-electron chi connectivity index (χ0n) is 12.4. The summed E-state index contributed by atoms with van der Waals surface area (Å²) in [5, 5.41) is 6.86. The number of anilines is 1. The summed E-state index contributed by atoms with van der Waals surface area (Å²) in [7, 11) is 0. The van der Waals surface area contributed by atoms with Crippen LogP contribution in [0.15, 0.2) is 67.3 Å². The van der Waals surface area contributed by atoms with E-state index >= 15 is 0 Å². The van der Waals surface area contributed by atoms with Gasteiger partial charge in [-0.05, 0) is 24.3 Å². The molecule has 3 aromatic rings. The quantitative estimate of drug-likeness (QED) is 0.760. The lowest BCUT2D eigenvalue weighted by Gasteiger charge is -2.09. The lowest BCUT2D eigenvalue weighted by molar-refractivity contribution is 0.102. The maximum Gasteiger partial charge on any atom is 0.255 e. The van der Waals surface area contributed by atoms with Crippen molar-refractivity contribution in [1.82, 2.24) is 14.8 Å². The Labute approximate surface area is 133 Å². The molecular formula is C17H16N4O2. The monoisotopic (exact) mass is 308 g/mol. The Balaban J connectivity index is 1.57. The average molecular weight is 308 g/mol. The first-order valence-corrected chi connectivity index (χ1v) is 7.23. The molecular weight excluding hydrogens is 292 g/mol. The number of nitrogens with one attached hydrogen (secondary N) is 1. The van der Waals surface area contributed by atoms with Gasteiger partial charge in [0.1, 0.15) is 25.0 Å². The van der Waals surface area contributed by atoms with Gasteiger partial charge >= 0.3 is 0 Å². The van der Waals surface area contributed by atoms with E-state index in [1.807, 2.05) is 36.4 Å². The molecule has 23 heavy (non-hydrogen) atoms. The molecule has 3 rings (SSSR count). The molecule has 0 aliphatic rings. The van der Waals surface area contributed by atoms with Crippen molar-refractivity contribution in [3.63, 3.8) is 0 Å². The van der Waals surface area contributed by atoms with Crippen molar-refractivity contribution in [1.29, 1.82) is 0 Å². The predicted molar refractivity (Wildman–Crippen MR) is 86.4 cm³/mol. The minimum atomic E-state index is -0.148. The van der Waals surface area contributed by atoms with Crippen LogP contribution in [0.5, 0.6) is 5.75 Å². The molecule has 0 bridgehead atoms. The van der Waals surface area contributed by atoms with E-state index in [1.54, 1.807) is 29.2 Å². The molecule has 6 heteroatoms. The van der Waals surface area contributed by atoms with E-state index in [1.165, 1.54) is 6.33 Å². The van der Waals surface area contributed by atoms with Gasteiger partial charge in [-0.2, -0.15) is 5.10 Å². The number of hydrogen-bond acceptors (Lipinski definition) is 4. The van der Waals surface area contributed by atoms with E-state index in [0.717, 1.165) is 0 Å². The van der Waals surface area contributed by atoms with Crippen molar-refractivity contribution in [2.75, 3.05) is 11.9 Å². The van der Waals surface area contributed by atoms with Gasteiger partial charge < -0.3 is 10.1 Å². The average Bonchev–Trinajstić information content (AvgIpc) is 3.09. The van der Waals surface area contributed by atoms with Crippen LogP contribution < -0.4 is 10.1 Å². The summed E-state index contributed by atoms with van der Waals surface area (Å²) in [6.45, 7) is 1.08. The van der Waals surface area contributed by atoms with Crippen molar-refractivity contribution in [2.24, 2.45) is 0 Å². The molecule has 0 unspecified atom stereocenters. The van der Waals surface area contributed by atoms with Gasteiger partial charge in [-0.25, -0.2) is 9.67 Å².